The minimum atomic E-state index is -0.123. The van der Waals surface area contributed by atoms with Crippen LogP contribution in [0.5, 0.6) is 11.5 Å². The molecule has 35 heavy (non-hydrogen) atoms. The van der Waals surface area contributed by atoms with Crippen molar-refractivity contribution in [1.29, 1.82) is 0 Å². The third kappa shape index (κ3) is 4.59. The number of rotatable bonds is 7. The Bertz CT molecular complexity index is 1290. The number of anilines is 1. The van der Waals surface area contributed by atoms with E-state index in [1.807, 2.05) is 62.5 Å². The van der Waals surface area contributed by atoms with Crippen LogP contribution in [0.25, 0.3) is 5.69 Å². The smallest absolute Gasteiger partial charge is 0.174 e. The first kappa shape index (κ1) is 22.9. The molecule has 0 aliphatic carbocycles. The van der Waals surface area contributed by atoms with Crippen LogP contribution in [0.15, 0.2) is 91.3 Å². The third-order valence-electron chi connectivity index (χ3n) is 6.02. The summed E-state index contributed by atoms with van der Waals surface area (Å²) in [6, 6.07) is 26.1. The topological polar surface area (TPSA) is 51.5 Å². The van der Waals surface area contributed by atoms with Crippen LogP contribution in [0.3, 0.4) is 0 Å². The number of benzene rings is 2. The molecule has 1 aliphatic rings. The molecule has 1 N–H and O–H groups in total. The lowest BCUT2D eigenvalue weighted by molar-refractivity contribution is 0.242. The van der Waals surface area contributed by atoms with Crippen molar-refractivity contribution in [3.8, 4) is 17.2 Å². The van der Waals surface area contributed by atoms with E-state index in [2.05, 4.69) is 62.4 Å². The van der Waals surface area contributed by atoms with Crippen LogP contribution < -0.4 is 19.7 Å². The van der Waals surface area contributed by atoms with Gasteiger partial charge in [0, 0.05) is 29.5 Å². The highest BCUT2D eigenvalue weighted by atomic mass is 32.1. The van der Waals surface area contributed by atoms with Gasteiger partial charge in [0.2, 0.25) is 0 Å². The molecule has 5 rings (SSSR count). The number of pyridine rings is 1. The van der Waals surface area contributed by atoms with Crippen molar-refractivity contribution in [3.63, 3.8) is 0 Å². The van der Waals surface area contributed by atoms with E-state index in [1.54, 1.807) is 7.11 Å². The lowest BCUT2D eigenvalue weighted by Crippen LogP contribution is -2.30. The number of nitrogens with zero attached hydrogens (tertiary/aromatic N) is 3. The number of ether oxygens (including phenoxy) is 2. The molecular weight excluding hydrogens is 456 g/mol. The Morgan fingerprint density at radius 3 is 2.26 bits per heavy atom. The SMILES string of the molecule is COc1ccc(-n2cccc2[C@@H]2[C@@H](c3ccccn3)NC(=S)N2c2ccc(OC(C)C)cc2)cc1. The van der Waals surface area contributed by atoms with Gasteiger partial charge in [0.15, 0.2) is 5.11 Å². The zero-order valence-corrected chi connectivity index (χ0v) is 20.8. The zero-order valence-electron chi connectivity index (χ0n) is 20.0. The summed E-state index contributed by atoms with van der Waals surface area (Å²) >= 11 is 5.88. The monoisotopic (exact) mass is 484 g/mol. The normalized spacial score (nSPS) is 17.5. The van der Waals surface area contributed by atoms with Gasteiger partial charge in [-0.25, -0.2) is 0 Å². The summed E-state index contributed by atoms with van der Waals surface area (Å²) in [5.41, 5.74) is 4.07. The average Bonchev–Trinajstić information content (AvgIpc) is 3.49. The Kier molecular flexibility index (Phi) is 6.42. The predicted molar refractivity (Wildman–Crippen MR) is 142 cm³/mol. The van der Waals surface area contributed by atoms with Crippen LogP contribution in [0.4, 0.5) is 5.69 Å². The Labute approximate surface area is 211 Å². The molecule has 7 heteroatoms. The summed E-state index contributed by atoms with van der Waals surface area (Å²) in [7, 11) is 1.67. The molecule has 2 aromatic heterocycles. The van der Waals surface area contributed by atoms with Gasteiger partial charge in [0.25, 0.3) is 0 Å². The van der Waals surface area contributed by atoms with Gasteiger partial charge in [-0.05, 0) is 98.9 Å². The molecule has 1 aliphatic heterocycles. The molecule has 0 amide bonds. The molecule has 3 heterocycles. The van der Waals surface area contributed by atoms with Crippen molar-refractivity contribution in [2.24, 2.45) is 0 Å². The van der Waals surface area contributed by atoms with Crippen molar-refractivity contribution < 1.29 is 9.47 Å². The third-order valence-corrected chi connectivity index (χ3v) is 6.33. The lowest BCUT2D eigenvalue weighted by atomic mass is 10.0. The first-order chi connectivity index (χ1) is 17.0. The van der Waals surface area contributed by atoms with Crippen molar-refractivity contribution in [2.45, 2.75) is 32.0 Å². The van der Waals surface area contributed by atoms with Gasteiger partial charge in [0.05, 0.1) is 24.9 Å². The van der Waals surface area contributed by atoms with Gasteiger partial charge >= 0.3 is 0 Å². The van der Waals surface area contributed by atoms with Gasteiger partial charge < -0.3 is 24.3 Å². The maximum Gasteiger partial charge on any atom is 0.174 e. The molecule has 0 saturated carbocycles. The minimum absolute atomic E-state index is 0.115. The highest BCUT2D eigenvalue weighted by molar-refractivity contribution is 7.80. The molecule has 2 atom stereocenters. The summed E-state index contributed by atoms with van der Waals surface area (Å²) in [4.78, 5) is 6.83. The molecular formula is C28H28N4O2S. The molecule has 1 saturated heterocycles. The summed E-state index contributed by atoms with van der Waals surface area (Å²) in [5, 5.41) is 4.19. The summed E-state index contributed by atoms with van der Waals surface area (Å²) < 4.78 is 13.4. The second-order valence-corrected chi connectivity index (χ2v) is 9.04. The van der Waals surface area contributed by atoms with Crippen LogP contribution in [0.1, 0.15) is 37.3 Å². The second kappa shape index (κ2) is 9.80. The Morgan fingerprint density at radius 2 is 1.60 bits per heavy atom. The fourth-order valence-electron chi connectivity index (χ4n) is 4.50. The van der Waals surface area contributed by atoms with E-state index in [0.717, 1.165) is 34.3 Å². The molecule has 0 unspecified atom stereocenters. The van der Waals surface area contributed by atoms with Gasteiger partial charge in [0.1, 0.15) is 17.5 Å². The Balaban J connectivity index is 1.59. The number of methoxy groups -OCH3 is 1. The van der Waals surface area contributed by atoms with Crippen molar-refractivity contribution in [3.05, 3.63) is 103 Å². The quantitative estimate of drug-likeness (QED) is 0.332. The average molecular weight is 485 g/mol. The van der Waals surface area contributed by atoms with Crippen molar-refractivity contribution in [2.75, 3.05) is 12.0 Å². The zero-order chi connectivity index (χ0) is 24.4. The largest absolute Gasteiger partial charge is 0.497 e. The van der Waals surface area contributed by atoms with E-state index in [9.17, 15) is 0 Å². The molecule has 0 bridgehead atoms. The van der Waals surface area contributed by atoms with Crippen LogP contribution >= 0.6 is 12.2 Å². The molecule has 178 valence electrons. The molecule has 6 nitrogen and oxygen atoms in total. The molecule has 4 aromatic rings. The molecule has 0 radical (unpaired) electrons. The standard InChI is InChI=1S/C28H28N4O2S/c1-19(2)34-23-15-11-21(12-16-23)32-27(26(30-28(32)35)24-7-4-5-17-29-24)25-8-6-18-31(25)20-9-13-22(33-3)14-10-20/h4-19,26-27H,1-3H3,(H,30,35)/t26-,27-/m1/s1. The number of hydrogen-bond donors (Lipinski definition) is 1. The molecule has 0 spiro atoms. The van der Waals surface area contributed by atoms with E-state index < -0.39 is 0 Å². The van der Waals surface area contributed by atoms with Crippen molar-refractivity contribution in [1.82, 2.24) is 14.9 Å². The second-order valence-electron chi connectivity index (χ2n) is 8.66. The van der Waals surface area contributed by atoms with E-state index in [1.165, 1.54) is 0 Å². The summed E-state index contributed by atoms with van der Waals surface area (Å²) in [5.74, 6) is 1.66. The van der Waals surface area contributed by atoms with Crippen molar-refractivity contribution >= 4 is 23.0 Å². The summed E-state index contributed by atoms with van der Waals surface area (Å²) in [6.07, 6.45) is 4.01. The highest BCUT2D eigenvalue weighted by Crippen LogP contribution is 2.42. The Hall–Kier alpha value is -3.84. The molecule has 2 aromatic carbocycles. The number of nitrogens with one attached hydrogen (secondary N) is 1. The maximum absolute atomic E-state index is 5.88. The number of aromatic nitrogens is 2. The van der Waals surface area contributed by atoms with Crippen LogP contribution in [0.2, 0.25) is 0 Å². The van der Waals surface area contributed by atoms with Crippen LogP contribution in [0, 0.1) is 0 Å². The minimum Gasteiger partial charge on any atom is -0.497 e. The fraction of sp³-hybridized carbons (Fsp3) is 0.214. The van der Waals surface area contributed by atoms with Gasteiger partial charge in [-0.1, -0.05) is 6.07 Å². The predicted octanol–water partition coefficient (Wildman–Crippen LogP) is 5.85. The maximum atomic E-state index is 5.88. The number of hydrogen-bond acceptors (Lipinski definition) is 4. The molecule has 1 fully saturated rings. The fourth-order valence-corrected chi connectivity index (χ4v) is 4.85. The van der Waals surface area contributed by atoms with E-state index in [4.69, 9.17) is 21.7 Å². The van der Waals surface area contributed by atoms with E-state index in [-0.39, 0.29) is 18.2 Å². The van der Waals surface area contributed by atoms with E-state index in [0.29, 0.717) is 5.11 Å². The van der Waals surface area contributed by atoms with E-state index >= 15 is 0 Å². The Morgan fingerprint density at radius 1 is 0.886 bits per heavy atom. The first-order valence-corrected chi connectivity index (χ1v) is 12.0. The first-order valence-electron chi connectivity index (χ1n) is 11.6. The van der Waals surface area contributed by atoms with Gasteiger partial charge in [-0.3, -0.25) is 4.98 Å². The van der Waals surface area contributed by atoms with Gasteiger partial charge in [-0.2, -0.15) is 0 Å². The number of thiocarbonyl (C=S) groups is 1. The lowest BCUT2D eigenvalue weighted by Gasteiger charge is -2.29. The van der Waals surface area contributed by atoms with Crippen LogP contribution in [-0.2, 0) is 0 Å². The van der Waals surface area contributed by atoms with Gasteiger partial charge in [-0.15, -0.1) is 0 Å². The highest BCUT2D eigenvalue weighted by Gasteiger charge is 2.42. The van der Waals surface area contributed by atoms with Crippen LogP contribution in [-0.4, -0.2) is 27.9 Å². The summed E-state index contributed by atoms with van der Waals surface area (Å²) in [6.45, 7) is 4.04.